The average molecular weight is 329 g/mol. The number of imidazole rings is 1. The number of carbonyl (C=O) groups is 1. The molecule has 0 aliphatic rings. The molecule has 2 heterocycles. The lowest BCUT2D eigenvalue weighted by atomic mass is 10.1. The Bertz CT molecular complexity index is 816. The van der Waals surface area contributed by atoms with Gasteiger partial charge in [-0.25, -0.2) is 4.98 Å². The van der Waals surface area contributed by atoms with Crippen molar-refractivity contribution in [2.45, 2.75) is 19.4 Å². The summed E-state index contributed by atoms with van der Waals surface area (Å²) < 4.78 is 0. The van der Waals surface area contributed by atoms with E-state index in [0.29, 0.717) is 24.4 Å². The van der Waals surface area contributed by atoms with Gasteiger partial charge in [0.25, 0.3) is 0 Å². The van der Waals surface area contributed by atoms with E-state index in [1.54, 1.807) is 30.4 Å². The molecule has 3 aromatic rings. The summed E-state index contributed by atoms with van der Waals surface area (Å²) in [6.07, 6.45) is 4.66. The van der Waals surface area contributed by atoms with Gasteiger partial charge in [-0.3, -0.25) is 9.78 Å². The molecular weight excluding hydrogens is 312 g/mol. The summed E-state index contributed by atoms with van der Waals surface area (Å²) in [6, 6.07) is 9.35. The number of benzene rings is 1. The lowest BCUT2D eigenvalue weighted by molar-refractivity contribution is -0.130. The van der Waals surface area contributed by atoms with Crippen LogP contribution in [0.4, 0.5) is 0 Å². The Morgan fingerprint density at radius 2 is 2.22 bits per heavy atom. The number of nitrogens with zero attached hydrogens (tertiary/aromatic N) is 3. The van der Waals surface area contributed by atoms with Crippen LogP contribution in [-0.2, 0) is 17.8 Å². The van der Waals surface area contributed by atoms with Crippen molar-refractivity contribution in [3.8, 4) is 0 Å². The highest BCUT2D eigenvalue weighted by molar-refractivity contribution is 6.31. The van der Waals surface area contributed by atoms with Crippen LogP contribution in [0.3, 0.4) is 0 Å². The normalized spacial score (nSPS) is 10.9. The van der Waals surface area contributed by atoms with Crippen molar-refractivity contribution >= 4 is 28.5 Å². The Balaban J connectivity index is 1.60. The molecule has 118 valence electrons. The number of rotatable bonds is 5. The third-order valence-electron chi connectivity index (χ3n) is 3.66. The number of halogens is 1. The molecule has 1 N–H and O–H groups in total. The van der Waals surface area contributed by atoms with E-state index in [1.807, 2.05) is 24.3 Å². The Morgan fingerprint density at radius 3 is 3.00 bits per heavy atom. The molecule has 0 saturated carbocycles. The first-order chi connectivity index (χ1) is 11.1. The summed E-state index contributed by atoms with van der Waals surface area (Å²) in [5.74, 6) is 0.826. The second kappa shape index (κ2) is 6.79. The zero-order chi connectivity index (χ0) is 16.2. The van der Waals surface area contributed by atoms with Crippen LogP contribution in [0.5, 0.6) is 0 Å². The lowest BCUT2D eigenvalue weighted by Gasteiger charge is -2.15. The highest BCUT2D eigenvalue weighted by Gasteiger charge is 2.12. The van der Waals surface area contributed by atoms with Gasteiger partial charge in [-0.05, 0) is 36.2 Å². The van der Waals surface area contributed by atoms with Crippen molar-refractivity contribution in [3.63, 3.8) is 0 Å². The molecule has 0 aliphatic carbocycles. The number of aryl methyl sites for hydroxylation is 1. The van der Waals surface area contributed by atoms with Gasteiger partial charge in [0.05, 0.1) is 17.6 Å². The highest BCUT2D eigenvalue weighted by atomic mass is 35.5. The second-order valence-electron chi connectivity index (χ2n) is 5.46. The number of pyridine rings is 1. The van der Waals surface area contributed by atoms with E-state index < -0.39 is 0 Å². The molecule has 1 aromatic carbocycles. The number of H-pyrrole nitrogens is 1. The molecule has 3 rings (SSSR count). The summed E-state index contributed by atoms with van der Waals surface area (Å²) in [5, 5.41) is 0.661. The third kappa shape index (κ3) is 3.87. The first-order valence-corrected chi connectivity index (χ1v) is 7.76. The Kier molecular flexibility index (Phi) is 4.57. The van der Waals surface area contributed by atoms with Crippen molar-refractivity contribution < 1.29 is 4.79 Å². The zero-order valence-electron chi connectivity index (χ0n) is 12.8. The molecule has 23 heavy (non-hydrogen) atoms. The van der Waals surface area contributed by atoms with Crippen molar-refractivity contribution in [2.75, 3.05) is 7.05 Å². The minimum Gasteiger partial charge on any atom is -0.340 e. The van der Waals surface area contributed by atoms with Crippen LogP contribution in [0.1, 0.15) is 17.8 Å². The van der Waals surface area contributed by atoms with Crippen LogP contribution in [0, 0.1) is 0 Å². The maximum absolute atomic E-state index is 12.2. The van der Waals surface area contributed by atoms with Crippen molar-refractivity contribution in [3.05, 3.63) is 59.1 Å². The first-order valence-electron chi connectivity index (χ1n) is 7.39. The number of hydrogen-bond acceptors (Lipinski definition) is 3. The molecule has 2 aromatic heterocycles. The van der Waals surface area contributed by atoms with Gasteiger partial charge in [0.15, 0.2) is 0 Å². The molecule has 5 nitrogen and oxygen atoms in total. The second-order valence-corrected chi connectivity index (χ2v) is 5.89. The van der Waals surface area contributed by atoms with Crippen molar-refractivity contribution in [2.24, 2.45) is 0 Å². The predicted molar refractivity (Wildman–Crippen MR) is 90.1 cm³/mol. The first kappa shape index (κ1) is 15.5. The van der Waals surface area contributed by atoms with Gasteiger partial charge in [0.2, 0.25) is 5.91 Å². The smallest absolute Gasteiger partial charge is 0.223 e. The molecule has 0 bridgehead atoms. The lowest BCUT2D eigenvalue weighted by Crippen LogP contribution is -2.26. The third-order valence-corrected chi connectivity index (χ3v) is 3.89. The van der Waals surface area contributed by atoms with Crippen LogP contribution in [-0.4, -0.2) is 32.8 Å². The molecule has 0 unspecified atom stereocenters. The van der Waals surface area contributed by atoms with E-state index in [2.05, 4.69) is 15.0 Å². The quantitative estimate of drug-likeness (QED) is 0.782. The number of carbonyl (C=O) groups excluding carboxylic acids is 1. The van der Waals surface area contributed by atoms with Gasteiger partial charge >= 0.3 is 0 Å². The van der Waals surface area contributed by atoms with Crippen molar-refractivity contribution in [1.29, 1.82) is 0 Å². The number of aromatic nitrogens is 3. The fraction of sp³-hybridized carbons (Fsp3) is 0.235. The topological polar surface area (TPSA) is 61.9 Å². The fourth-order valence-corrected chi connectivity index (χ4v) is 2.58. The van der Waals surface area contributed by atoms with E-state index >= 15 is 0 Å². The zero-order valence-corrected chi connectivity index (χ0v) is 13.5. The van der Waals surface area contributed by atoms with Gasteiger partial charge in [0.1, 0.15) is 5.82 Å². The number of fused-ring (bicyclic) bond motifs is 1. The summed E-state index contributed by atoms with van der Waals surface area (Å²) in [4.78, 5) is 25.6. The van der Waals surface area contributed by atoms with Crippen LogP contribution in [0.2, 0.25) is 5.02 Å². The van der Waals surface area contributed by atoms with E-state index in [-0.39, 0.29) is 5.91 Å². The maximum atomic E-state index is 12.2. The largest absolute Gasteiger partial charge is 0.340 e. The van der Waals surface area contributed by atoms with E-state index in [4.69, 9.17) is 11.6 Å². The summed E-state index contributed by atoms with van der Waals surface area (Å²) in [6.45, 7) is 0.443. The van der Waals surface area contributed by atoms with Crippen LogP contribution in [0.25, 0.3) is 11.0 Å². The van der Waals surface area contributed by atoms with Gasteiger partial charge < -0.3 is 9.88 Å². The minimum atomic E-state index is 0.0762. The maximum Gasteiger partial charge on any atom is 0.223 e. The van der Waals surface area contributed by atoms with Crippen LogP contribution in [0.15, 0.2) is 42.7 Å². The molecule has 0 fully saturated rings. The monoisotopic (exact) mass is 328 g/mol. The van der Waals surface area contributed by atoms with Crippen LogP contribution >= 0.6 is 11.6 Å². The van der Waals surface area contributed by atoms with Gasteiger partial charge in [-0.1, -0.05) is 17.7 Å². The molecule has 0 spiro atoms. The summed E-state index contributed by atoms with van der Waals surface area (Å²) in [5.41, 5.74) is 2.79. The number of hydrogen-bond donors (Lipinski definition) is 1. The van der Waals surface area contributed by atoms with Gasteiger partial charge in [0, 0.05) is 30.9 Å². The number of aromatic amines is 1. The van der Waals surface area contributed by atoms with Gasteiger partial charge in [-0.2, -0.15) is 0 Å². The molecule has 1 amide bonds. The van der Waals surface area contributed by atoms with Crippen LogP contribution < -0.4 is 0 Å². The SMILES string of the molecule is CN(Cc1nc2ccc(Cl)cc2[nH]1)C(=O)CCc1cccnc1. The predicted octanol–water partition coefficient (Wildman–Crippen LogP) is 3.20. The van der Waals surface area contributed by atoms with E-state index in [1.165, 1.54) is 0 Å². The number of nitrogens with one attached hydrogen (secondary N) is 1. The summed E-state index contributed by atoms with van der Waals surface area (Å²) >= 11 is 5.97. The van der Waals surface area contributed by atoms with Crippen molar-refractivity contribution in [1.82, 2.24) is 19.9 Å². The number of amides is 1. The average Bonchev–Trinajstić information content (AvgIpc) is 2.94. The highest BCUT2D eigenvalue weighted by Crippen LogP contribution is 2.17. The molecule has 0 radical (unpaired) electrons. The van der Waals surface area contributed by atoms with Gasteiger partial charge in [-0.15, -0.1) is 0 Å². The summed E-state index contributed by atoms with van der Waals surface area (Å²) in [7, 11) is 1.78. The molecule has 0 saturated heterocycles. The Morgan fingerprint density at radius 1 is 1.35 bits per heavy atom. The minimum absolute atomic E-state index is 0.0762. The standard InChI is InChI=1S/C17H17ClN4O/c1-22(17(23)7-4-12-3-2-8-19-10-12)11-16-20-14-6-5-13(18)9-15(14)21-16/h2-3,5-6,8-10H,4,7,11H2,1H3,(H,20,21). The van der Waals surface area contributed by atoms with E-state index in [0.717, 1.165) is 22.4 Å². The molecule has 6 heteroatoms. The molecule has 0 aliphatic heterocycles. The molecular formula is C17H17ClN4O. The Hall–Kier alpha value is -2.40. The van der Waals surface area contributed by atoms with E-state index in [9.17, 15) is 4.79 Å². The molecule has 0 atom stereocenters. The Labute approximate surface area is 139 Å². The fourth-order valence-electron chi connectivity index (χ4n) is 2.41.